The molecule has 1 aromatic heterocycles. The van der Waals surface area contributed by atoms with Gasteiger partial charge in [0, 0.05) is 20.4 Å². The maximum absolute atomic E-state index is 12.4. The highest BCUT2D eigenvalue weighted by atomic mass is 79.9. The number of amides is 1. The van der Waals surface area contributed by atoms with E-state index in [1.54, 1.807) is 17.9 Å². The van der Waals surface area contributed by atoms with E-state index in [2.05, 4.69) is 31.6 Å². The second-order valence-electron chi connectivity index (χ2n) is 5.49. The first-order valence-corrected chi connectivity index (χ1v) is 8.41. The van der Waals surface area contributed by atoms with Crippen LogP contribution >= 0.6 is 15.9 Å². The number of fused-ring (bicyclic) bond motifs is 1. The molecule has 1 amide bonds. The molecule has 0 aliphatic rings. The molecule has 2 aromatic carbocycles. The Kier molecular flexibility index (Phi) is 5.25. The van der Waals surface area contributed by atoms with Gasteiger partial charge in [0.2, 0.25) is 0 Å². The number of carbonyl (C=O) groups is 1. The number of carbonyl (C=O) groups excluding carboxylic acids is 1. The van der Waals surface area contributed by atoms with Gasteiger partial charge in [-0.1, -0.05) is 36.4 Å². The van der Waals surface area contributed by atoms with E-state index in [9.17, 15) is 4.79 Å². The van der Waals surface area contributed by atoms with Gasteiger partial charge in [0.1, 0.15) is 5.69 Å². The van der Waals surface area contributed by atoms with Crippen LogP contribution in [0.25, 0.3) is 10.8 Å². The molecule has 0 bridgehead atoms. The van der Waals surface area contributed by atoms with Gasteiger partial charge < -0.3 is 4.74 Å². The summed E-state index contributed by atoms with van der Waals surface area (Å²) in [5.74, 6) is -0.346. The minimum absolute atomic E-state index is 0.346. The number of rotatable bonds is 5. The van der Waals surface area contributed by atoms with Crippen LogP contribution in [0, 0.1) is 0 Å². The van der Waals surface area contributed by atoms with Crippen molar-refractivity contribution >= 4 is 38.8 Å². The van der Waals surface area contributed by atoms with Gasteiger partial charge in [0.05, 0.1) is 10.7 Å². The smallest absolute Gasteiger partial charge is 0.273 e. The average Bonchev–Trinajstić information content (AvgIpc) is 2.93. The molecule has 7 heteroatoms. The molecule has 1 heterocycles. The molecule has 3 rings (SSSR count). The quantitative estimate of drug-likeness (QED) is 0.528. The number of nitrogens with one attached hydrogen (secondary N) is 1. The predicted molar refractivity (Wildman–Crippen MR) is 100 cm³/mol. The van der Waals surface area contributed by atoms with E-state index >= 15 is 0 Å². The maximum atomic E-state index is 12.4. The van der Waals surface area contributed by atoms with E-state index in [-0.39, 0.29) is 5.91 Å². The van der Waals surface area contributed by atoms with E-state index in [1.807, 2.05) is 42.5 Å². The number of nitrogens with zero attached hydrogens (tertiary/aromatic N) is 3. The number of aromatic nitrogens is 2. The lowest BCUT2D eigenvalue weighted by atomic mass is 10.0. The Balaban J connectivity index is 1.75. The van der Waals surface area contributed by atoms with Crippen LogP contribution in [0.4, 0.5) is 0 Å². The lowest BCUT2D eigenvalue weighted by Gasteiger charge is -2.14. The summed E-state index contributed by atoms with van der Waals surface area (Å²) in [6.07, 6.45) is 2.54. The zero-order valence-corrected chi connectivity index (χ0v) is 15.4. The Hall–Kier alpha value is -2.51. The molecule has 0 saturated carbocycles. The van der Waals surface area contributed by atoms with E-state index in [4.69, 9.17) is 4.74 Å². The van der Waals surface area contributed by atoms with Gasteiger partial charge in [-0.3, -0.25) is 9.48 Å². The van der Waals surface area contributed by atoms with Crippen molar-refractivity contribution in [3.63, 3.8) is 0 Å². The molecule has 1 atom stereocenters. The third-order valence-corrected chi connectivity index (χ3v) is 4.33. The standard InChI is InChI=1S/C18H17BrN4O2/c1-23-11-15(19)16(22-23)10-20-21-18(24)17(25-2)14-8-7-12-5-3-4-6-13(12)9-14/h3-11,17H,1-2H3,(H,21,24)/b20-10+. The van der Waals surface area contributed by atoms with Gasteiger partial charge in [-0.2, -0.15) is 10.2 Å². The Labute approximate surface area is 153 Å². The molecule has 0 spiro atoms. The van der Waals surface area contributed by atoms with Crippen LogP contribution in [0.3, 0.4) is 0 Å². The van der Waals surface area contributed by atoms with Crippen molar-refractivity contribution in [2.75, 3.05) is 7.11 Å². The van der Waals surface area contributed by atoms with Crippen molar-refractivity contribution in [2.45, 2.75) is 6.10 Å². The molecule has 1 unspecified atom stereocenters. The second-order valence-corrected chi connectivity index (χ2v) is 6.35. The topological polar surface area (TPSA) is 68.5 Å². The first-order valence-electron chi connectivity index (χ1n) is 7.62. The molecular formula is C18H17BrN4O2. The number of ether oxygens (including phenoxy) is 1. The highest BCUT2D eigenvalue weighted by molar-refractivity contribution is 9.10. The van der Waals surface area contributed by atoms with Gasteiger partial charge >= 0.3 is 0 Å². The summed E-state index contributed by atoms with van der Waals surface area (Å²) in [5.41, 5.74) is 3.90. The largest absolute Gasteiger partial charge is 0.367 e. The number of hydrogen-bond donors (Lipinski definition) is 1. The number of benzene rings is 2. The predicted octanol–water partition coefficient (Wildman–Crippen LogP) is 3.17. The molecule has 0 aliphatic heterocycles. The first kappa shape index (κ1) is 17.3. The highest BCUT2D eigenvalue weighted by Crippen LogP contribution is 2.22. The lowest BCUT2D eigenvalue weighted by molar-refractivity contribution is -0.131. The lowest BCUT2D eigenvalue weighted by Crippen LogP contribution is -2.26. The molecular weight excluding hydrogens is 384 g/mol. The van der Waals surface area contributed by atoms with Gasteiger partial charge in [-0.15, -0.1) is 0 Å². The Morgan fingerprint density at radius 3 is 2.76 bits per heavy atom. The fourth-order valence-corrected chi connectivity index (χ4v) is 3.02. The molecule has 3 aromatic rings. The summed E-state index contributed by atoms with van der Waals surface area (Å²) in [4.78, 5) is 12.4. The maximum Gasteiger partial charge on any atom is 0.273 e. The number of hydrogen-bond acceptors (Lipinski definition) is 4. The van der Waals surface area contributed by atoms with Gasteiger partial charge in [0.15, 0.2) is 6.10 Å². The van der Waals surface area contributed by atoms with Crippen molar-refractivity contribution < 1.29 is 9.53 Å². The summed E-state index contributed by atoms with van der Waals surface area (Å²) >= 11 is 3.37. The summed E-state index contributed by atoms with van der Waals surface area (Å²) in [7, 11) is 3.31. The Morgan fingerprint density at radius 2 is 2.08 bits per heavy atom. The summed E-state index contributed by atoms with van der Waals surface area (Å²) < 4.78 is 7.81. The molecule has 0 radical (unpaired) electrons. The zero-order chi connectivity index (χ0) is 17.8. The number of hydrazone groups is 1. The van der Waals surface area contributed by atoms with E-state index in [0.717, 1.165) is 20.8 Å². The summed E-state index contributed by atoms with van der Waals surface area (Å²) in [6.45, 7) is 0. The third kappa shape index (κ3) is 3.94. The van der Waals surface area contributed by atoms with Crippen LogP contribution in [-0.4, -0.2) is 29.0 Å². The van der Waals surface area contributed by atoms with Gasteiger partial charge in [-0.25, -0.2) is 5.43 Å². The minimum atomic E-state index is -0.742. The van der Waals surface area contributed by atoms with Crippen LogP contribution in [0.2, 0.25) is 0 Å². The number of halogens is 1. The Morgan fingerprint density at radius 1 is 1.32 bits per heavy atom. The fourth-order valence-electron chi connectivity index (χ4n) is 2.55. The van der Waals surface area contributed by atoms with Crippen LogP contribution in [-0.2, 0) is 16.6 Å². The molecule has 0 fully saturated rings. The normalized spacial score (nSPS) is 12.6. The highest BCUT2D eigenvalue weighted by Gasteiger charge is 2.20. The van der Waals surface area contributed by atoms with Crippen molar-refractivity contribution in [2.24, 2.45) is 12.1 Å². The van der Waals surface area contributed by atoms with Crippen LogP contribution in [0.1, 0.15) is 17.4 Å². The number of aryl methyl sites for hydroxylation is 1. The zero-order valence-electron chi connectivity index (χ0n) is 13.8. The Bertz CT molecular complexity index is 936. The van der Waals surface area contributed by atoms with E-state index in [0.29, 0.717) is 5.69 Å². The molecule has 0 saturated heterocycles. The SMILES string of the molecule is COC(C(=O)N/N=C/c1nn(C)cc1Br)c1ccc2ccccc2c1. The monoisotopic (exact) mass is 400 g/mol. The molecule has 1 N–H and O–H groups in total. The van der Waals surface area contributed by atoms with Crippen LogP contribution < -0.4 is 5.43 Å². The van der Waals surface area contributed by atoms with E-state index in [1.165, 1.54) is 13.3 Å². The van der Waals surface area contributed by atoms with Gasteiger partial charge in [0.25, 0.3) is 5.91 Å². The van der Waals surface area contributed by atoms with Crippen molar-refractivity contribution in [1.82, 2.24) is 15.2 Å². The third-order valence-electron chi connectivity index (χ3n) is 3.72. The van der Waals surface area contributed by atoms with Crippen molar-refractivity contribution in [1.29, 1.82) is 0 Å². The van der Waals surface area contributed by atoms with Crippen molar-refractivity contribution in [3.8, 4) is 0 Å². The summed E-state index contributed by atoms with van der Waals surface area (Å²) in [5, 5.41) is 10.3. The van der Waals surface area contributed by atoms with Gasteiger partial charge in [-0.05, 0) is 38.3 Å². The summed E-state index contributed by atoms with van der Waals surface area (Å²) in [6, 6.07) is 13.8. The second kappa shape index (κ2) is 7.58. The minimum Gasteiger partial charge on any atom is -0.367 e. The van der Waals surface area contributed by atoms with Crippen molar-refractivity contribution in [3.05, 3.63) is 64.4 Å². The molecule has 0 aliphatic carbocycles. The molecule has 6 nitrogen and oxygen atoms in total. The molecule has 25 heavy (non-hydrogen) atoms. The average molecular weight is 401 g/mol. The fraction of sp³-hybridized carbons (Fsp3) is 0.167. The van der Waals surface area contributed by atoms with Crippen LogP contribution in [0.5, 0.6) is 0 Å². The molecule has 128 valence electrons. The van der Waals surface area contributed by atoms with Crippen LogP contribution in [0.15, 0.2) is 58.2 Å². The number of methoxy groups -OCH3 is 1. The first-order chi connectivity index (χ1) is 12.1. The van der Waals surface area contributed by atoms with E-state index < -0.39 is 6.10 Å².